The van der Waals surface area contributed by atoms with Crippen LogP contribution < -0.4 is 5.73 Å². The lowest BCUT2D eigenvalue weighted by Crippen LogP contribution is -2.06. The Bertz CT molecular complexity index is 855. The lowest BCUT2D eigenvalue weighted by Gasteiger charge is -2.04. The van der Waals surface area contributed by atoms with E-state index in [0.29, 0.717) is 5.69 Å². The van der Waals surface area contributed by atoms with E-state index < -0.39 is 15.7 Å². The highest BCUT2D eigenvalue weighted by molar-refractivity contribution is 7.90. The number of imidazole rings is 1. The summed E-state index contributed by atoms with van der Waals surface area (Å²) in [4.78, 5) is 4.83. The lowest BCUT2D eigenvalue weighted by molar-refractivity contribution is 0.590. The fraction of sp³-hybridized carbons (Fsp3) is 0.0833. The number of hydrogen-bond acceptors (Lipinski definition) is 5. The van der Waals surface area contributed by atoms with Crippen molar-refractivity contribution in [2.45, 2.75) is 10.6 Å². The Hall–Kier alpha value is -1.93. The first-order valence-corrected chi connectivity index (χ1v) is 8.18. The standard InChI is InChI=1S/C12H10FN3O2S2/c13-10-5-9(1-2-11(10)14)20(17,18)7-8-6-16-3-4-19-12(16)15-8/h1-6H,7,14H2. The quantitative estimate of drug-likeness (QED) is 0.751. The summed E-state index contributed by atoms with van der Waals surface area (Å²) in [7, 11) is -3.64. The van der Waals surface area contributed by atoms with Gasteiger partial charge in [-0.3, -0.25) is 4.40 Å². The van der Waals surface area contributed by atoms with Gasteiger partial charge in [0.2, 0.25) is 0 Å². The number of halogens is 1. The van der Waals surface area contributed by atoms with Gasteiger partial charge in [-0.2, -0.15) is 0 Å². The van der Waals surface area contributed by atoms with Crippen LogP contribution in [0.25, 0.3) is 4.96 Å². The van der Waals surface area contributed by atoms with Gasteiger partial charge < -0.3 is 5.73 Å². The Balaban J connectivity index is 1.95. The predicted molar refractivity (Wildman–Crippen MR) is 74.8 cm³/mol. The van der Waals surface area contributed by atoms with E-state index in [-0.39, 0.29) is 16.3 Å². The summed E-state index contributed by atoms with van der Waals surface area (Å²) in [5.41, 5.74) is 5.69. The average Bonchev–Trinajstić information content (AvgIpc) is 2.92. The van der Waals surface area contributed by atoms with E-state index in [1.165, 1.54) is 23.5 Å². The molecule has 0 aliphatic heterocycles. The number of fused-ring (bicyclic) bond motifs is 1. The lowest BCUT2D eigenvalue weighted by atomic mass is 10.3. The molecule has 5 nitrogen and oxygen atoms in total. The molecule has 0 atom stereocenters. The number of aromatic nitrogens is 2. The van der Waals surface area contributed by atoms with Crippen molar-refractivity contribution in [3.05, 3.63) is 47.5 Å². The maximum Gasteiger partial charge on any atom is 0.193 e. The number of sulfone groups is 1. The van der Waals surface area contributed by atoms with Crippen LogP contribution in [-0.4, -0.2) is 17.8 Å². The van der Waals surface area contributed by atoms with Gasteiger partial charge in [0.15, 0.2) is 14.8 Å². The van der Waals surface area contributed by atoms with E-state index in [1.807, 2.05) is 5.38 Å². The smallest absolute Gasteiger partial charge is 0.193 e. The molecule has 8 heteroatoms. The third kappa shape index (κ3) is 2.27. The molecule has 3 rings (SSSR count). The van der Waals surface area contributed by atoms with Gasteiger partial charge in [0, 0.05) is 17.8 Å². The van der Waals surface area contributed by atoms with Crippen LogP contribution in [0.2, 0.25) is 0 Å². The van der Waals surface area contributed by atoms with Crippen LogP contribution in [0.5, 0.6) is 0 Å². The van der Waals surface area contributed by atoms with Crippen LogP contribution in [-0.2, 0) is 15.6 Å². The number of thiazole rings is 1. The molecule has 2 N–H and O–H groups in total. The van der Waals surface area contributed by atoms with Crippen LogP contribution >= 0.6 is 11.3 Å². The molecule has 0 aliphatic carbocycles. The van der Waals surface area contributed by atoms with E-state index in [2.05, 4.69) is 4.98 Å². The number of nitrogen functional groups attached to an aromatic ring is 1. The Labute approximate surface area is 118 Å². The molecule has 0 spiro atoms. The minimum Gasteiger partial charge on any atom is -0.396 e. The highest BCUT2D eigenvalue weighted by Crippen LogP contribution is 2.21. The van der Waals surface area contributed by atoms with E-state index in [0.717, 1.165) is 11.0 Å². The molecule has 0 fully saturated rings. The first-order valence-electron chi connectivity index (χ1n) is 5.64. The summed E-state index contributed by atoms with van der Waals surface area (Å²) >= 11 is 1.41. The van der Waals surface area contributed by atoms with E-state index in [4.69, 9.17) is 5.73 Å². The molecule has 0 radical (unpaired) electrons. The topological polar surface area (TPSA) is 77.5 Å². The van der Waals surface area contributed by atoms with Gasteiger partial charge in [0.05, 0.1) is 22.0 Å². The molecular weight excluding hydrogens is 301 g/mol. The van der Waals surface area contributed by atoms with Crippen molar-refractivity contribution in [1.29, 1.82) is 0 Å². The Morgan fingerprint density at radius 2 is 2.20 bits per heavy atom. The first-order chi connectivity index (χ1) is 9.45. The Morgan fingerprint density at radius 3 is 2.90 bits per heavy atom. The summed E-state index contributed by atoms with van der Waals surface area (Å²) in [6.45, 7) is 0. The van der Waals surface area contributed by atoms with Crippen molar-refractivity contribution in [3.8, 4) is 0 Å². The number of rotatable bonds is 3. The van der Waals surface area contributed by atoms with Crippen molar-refractivity contribution < 1.29 is 12.8 Å². The van der Waals surface area contributed by atoms with Crippen molar-refractivity contribution in [1.82, 2.24) is 9.38 Å². The largest absolute Gasteiger partial charge is 0.396 e. The summed E-state index contributed by atoms with van der Waals surface area (Å²) in [5, 5.41) is 1.86. The van der Waals surface area contributed by atoms with Crippen LogP contribution in [0.3, 0.4) is 0 Å². The zero-order chi connectivity index (χ0) is 14.3. The molecule has 3 aromatic rings. The Kier molecular flexibility index (Phi) is 2.98. The number of anilines is 1. The fourth-order valence-corrected chi connectivity index (χ4v) is 3.80. The molecule has 0 saturated heterocycles. The summed E-state index contributed by atoms with van der Waals surface area (Å²) in [5.74, 6) is -1.01. The number of hydrogen-bond donors (Lipinski definition) is 1. The van der Waals surface area contributed by atoms with Crippen LogP contribution in [0.1, 0.15) is 5.69 Å². The molecule has 2 aromatic heterocycles. The number of nitrogens with zero attached hydrogens (tertiary/aromatic N) is 2. The molecule has 0 saturated carbocycles. The zero-order valence-corrected chi connectivity index (χ0v) is 11.8. The van der Waals surface area contributed by atoms with Gasteiger partial charge in [-0.15, -0.1) is 11.3 Å². The van der Waals surface area contributed by atoms with Gasteiger partial charge >= 0.3 is 0 Å². The van der Waals surface area contributed by atoms with E-state index in [9.17, 15) is 12.8 Å². The minimum atomic E-state index is -3.64. The predicted octanol–water partition coefficient (Wildman–Crippen LogP) is 2.09. The minimum absolute atomic E-state index is 0.0774. The van der Waals surface area contributed by atoms with Crippen LogP contribution in [0, 0.1) is 5.82 Å². The SMILES string of the molecule is Nc1ccc(S(=O)(=O)Cc2cn3ccsc3n2)cc1F. The third-order valence-electron chi connectivity index (χ3n) is 2.81. The van der Waals surface area contributed by atoms with Gasteiger partial charge in [0.25, 0.3) is 0 Å². The number of nitrogens with two attached hydrogens (primary N) is 1. The molecule has 0 bridgehead atoms. The molecule has 0 aliphatic rings. The van der Waals surface area contributed by atoms with Crippen molar-refractivity contribution in [2.24, 2.45) is 0 Å². The normalized spacial score (nSPS) is 12.1. The molecular formula is C12H10FN3O2S2. The van der Waals surface area contributed by atoms with E-state index in [1.54, 1.807) is 16.8 Å². The van der Waals surface area contributed by atoms with Gasteiger partial charge in [-0.05, 0) is 18.2 Å². The van der Waals surface area contributed by atoms with Crippen molar-refractivity contribution in [2.75, 3.05) is 5.73 Å². The van der Waals surface area contributed by atoms with Gasteiger partial charge in [0.1, 0.15) is 5.82 Å². The second-order valence-corrected chi connectivity index (χ2v) is 7.13. The average molecular weight is 311 g/mol. The summed E-state index contributed by atoms with van der Waals surface area (Å²) in [6.07, 6.45) is 3.45. The Morgan fingerprint density at radius 1 is 1.40 bits per heavy atom. The maximum atomic E-state index is 13.4. The van der Waals surface area contributed by atoms with Crippen LogP contribution in [0.15, 0.2) is 40.9 Å². The molecule has 2 heterocycles. The first kappa shape index (κ1) is 13.1. The number of benzene rings is 1. The fourth-order valence-electron chi connectivity index (χ4n) is 1.82. The highest BCUT2D eigenvalue weighted by Gasteiger charge is 2.19. The highest BCUT2D eigenvalue weighted by atomic mass is 32.2. The van der Waals surface area contributed by atoms with Crippen molar-refractivity contribution >= 4 is 31.8 Å². The summed E-state index contributed by atoms with van der Waals surface area (Å²) < 4.78 is 39.5. The second kappa shape index (κ2) is 4.57. The molecule has 1 aromatic carbocycles. The van der Waals surface area contributed by atoms with Crippen molar-refractivity contribution in [3.63, 3.8) is 0 Å². The van der Waals surface area contributed by atoms with E-state index >= 15 is 0 Å². The third-order valence-corrected chi connectivity index (χ3v) is 5.23. The molecule has 104 valence electrons. The monoisotopic (exact) mass is 311 g/mol. The van der Waals surface area contributed by atoms with Gasteiger partial charge in [-0.1, -0.05) is 0 Å². The molecule has 0 amide bonds. The zero-order valence-electron chi connectivity index (χ0n) is 10.2. The maximum absolute atomic E-state index is 13.4. The molecule has 20 heavy (non-hydrogen) atoms. The van der Waals surface area contributed by atoms with Crippen LogP contribution in [0.4, 0.5) is 10.1 Å². The molecule has 0 unspecified atom stereocenters. The van der Waals surface area contributed by atoms with Gasteiger partial charge in [-0.25, -0.2) is 17.8 Å². The summed E-state index contributed by atoms with van der Waals surface area (Å²) in [6, 6.07) is 3.48. The second-order valence-electron chi connectivity index (χ2n) is 4.27.